The van der Waals surface area contributed by atoms with Crippen molar-refractivity contribution in [1.29, 1.82) is 0 Å². The van der Waals surface area contributed by atoms with Gasteiger partial charge in [-0.15, -0.1) is 0 Å². The van der Waals surface area contributed by atoms with Crippen LogP contribution in [0.2, 0.25) is 0 Å². The van der Waals surface area contributed by atoms with E-state index in [0.717, 1.165) is 6.20 Å². The summed E-state index contributed by atoms with van der Waals surface area (Å²) in [6, 6.07) is 6.34. The van der Waals surface area contributed by atoms with Crippen molar-refractivity contribution in [2.45, 2.75) is 4.90 Å². The maximum absolute atomic E-state index is 12.3. The van der Waals surface area contributed by atoms with Gasteiger partial charge in [-0.25, -0.2) is 13.8 Å². The van der Waals surface area contributed by atoms with Crippen LogP contribution in [0.4, 0.5) is 5.69 Å². The number of para-hydroxylation sites is 1. The molecule has 16 heavy (non-hydrogen) atoms. The Bertz CT molecular complexity index is 634. The van der Waals surface area contributed by atoms with Crippen molar-refractivity contribution in [3.8, 4) is 0 Å². The van der Waals surface area contributed by atoms with Gasteiger partial charge >= 0.3 is 5.97 Å². The quantitative estimate of drug-likeness (QED) is 0.704. The molecule has 1 heterocycles. The van der Waals surface area contributed by atoms with Crippen molar-refractivity contribution >= 4 is 26.4 Å². The van der Waals surface area contributed by atoms with Crippen LogP contribution in [0.3, 0.4) is 0 Å². The Labute approximate surface area is 91.4 Å². The van der Waals surface area contributed by atoms with Crippen molar-refractivity contribution in [2.75, 3.05) is 5.32 Å². The van der Waals surface area contributed by atoms with Gasteiger partial charge in [0.15, 0.2) is 5.23 Å². The van der Waals surface area contributed by atoms with Gasteiger partial charge in [-0.05, 0) is 12.1 Å². The highest BCUT2D eigenvalue weighted by atomic mass is 32.2. The monoisotopic (exact) mass is 237 g/mol. The first kappa shape index (κ1) is 10.5. The third kappa shape index (κ3) is 1.32. The SMILES string of the molecule is O=C=S1(=O)C(C(=O)O)=CNc2ccccc21. The van der Waals surface area contributed by atoms with Gasteiger partial charge in [-0.2, -0.15) is 0 Å². The first-order valence-electron chi connectivity index (χ1n) is 4.32. The van der Waals surface area contributed by atoms with E-state index in [1.165, 1.54) is 11.3 Å². The number of carbonyl (C=O) groups excluding carboxylic acids is 1. The van der Waals surface area contributed by atoms with Crippen LogP contribution in [0.25, 0.3) is 0 Å². The zero-order valence-electron chi connectivity index (χ0n) is 7.97. The largest absolute Gasteiger partial charge is 0.477 e. The van der Waals surface area contributed by atoms with Gasteiger partial charge in [0.05, 0.1) is 10.6 Å². The van der Waals surface area contributed by atoms with E-state index in [0.29, 0.717) is 5.69 Å². The number of fused-ring (bicyclic) bond motifs is 1. The second-order valence-electron chi connectivity index (χ2n) is 3.09. The minimum Gasteiger partial charge on any atom is -0.477 e. The van der Waals surface area contributed by atoms with E-state index in [4.69, 9.17) is 5.11 Å². The molecule has 0 bridgehead atoms. The number of anilines is 1. The molecule has 1 aliphatic heterocycles. The fourth-order valence-electron chi connectivity index (χ4n) is 1.46. The highest BCUT2D eigenvalue weighted by Gasteiger charge is 2.29. The number of carboxylic acid groups (broad SMARTS) is 1. The van der Waals surface area contributed by atoms with Crippen molar-refractivity contribution in [2.24, 2.45) is 0 Å². The van der Waals surface area contributed by atoms with Gasteiger partial charge in [0.2, 0.25) is 0 Å². The molecule has 1 aromatic carbocycles. The maximum atomic E-state index is 12.3. The highest BCUT2D eigenvalue weighted by molar-refractivity contribution is 8.05. The summed E-state index contributed by atoms with van der Waals surface area (Å²) in [5.41, 5.74) is 0.459. The van der Waals surface area contributed by atoms with Crippen molar-refractivity contribution in [1.82, 2.24) is 0 Å². The Balaban J connectivity index is 2.81. The summed E-state index contributed by atoms with van der Waals surface area (Å²) in [6.45, 7) is 0. The van der Waals surface area contributed by atoms with Crippen molar-refractivity contribution in [3.05, 3.63) is 35.4 Å². The van der Waals surface area contributed by atoms with Crippen LogP contribution in [0, 0.1) is 0 Å². The van der Waals surface area contributed by atoms with E-state index in [9.17, 15) is 13.8 Å². The smallest absolute Gasteiger partial charge is 0.346 e. The number of carboxylic acids is 1. The van der Waals surface area contributed by atoms with Gasteiger partial charge in [0.25, 0.3) is 0 Å². The molecule has 0 aliphatic carbocycles. The van der Waals surface area contributed by atoms with Crippen LogP contribution in [-0.2, 0) is 19.1 Å². The van der Waals surface area contributed by atoms with E-state index in [1.54, 1.807) is 18.2 Å². The number of rotatable bonds is 1. The Morgan fingerprint density at radius 1 is 1.38 bits per heavy atom. The number of nitrogens with one attached hydrogen (secondary N) is 1. The van der Waals surface area contributed by atoms with E-state index >= 15 is 0 Å². The molecule has 1 atom stereocenters. The molecule has 0 fully saturated rings. The Morgan fingerprint density at radius 3 is 2.69 bits per heavy atom. The second kappa shape index (κ2) is 3.52. The summed E-state index contributed by atoms with van der Waals surface area (Å²) in [7, 11) is -3.43. The van der Waals surface area contributed by atoms with E-state index in [2.05, 4.69) is 5.32 Å². The number of benzene rings is 1. The molecule has 0 saturated carbocycles. The van der Waals surface area contributed by atoms with Crippen molar-refractivity contribution in [3.63, 3.8) is 0 Å². The number of hydrogen-bond donors (Lipinski definition) is 2. The molecular formula is C10H7NO4S. The molecule has 2 N–H and O–H groups in total. The van der Waals surface area contributed by atoms with Gasteiger partial charge in [0.1, 0.15) is 14.4 Å². The lowest BCUT2D eigenvalue weighted by Crippen LogP contribution is -2.20. The molecule has 1 aliphatic rings. The predicted molar refractivity (Wildman–Crippen MR) is 57.9 cm³/mol. The van der Waals surface area contributed by atoms with Crippen LogP contribution in [0.5, 0.6) is 0 Å². The van der Waals surface area contributed by atoms with Crippen LogP contribution in [-0.4, -0.2) is 20.5 Å². The first-order valence-corrected chi connectivity index (χ1v) is 5.87. The average molecular weight is 237 g/mol. The molecule has 82 valence electrons. The standard InChI is InChI=1S/C10H7NO4S/c12-6-16(15)8-4-2-1-3-7(8)11-5-9(16)10(13)14/h1-5,11H,(H,13,14). The molecule has 1 unspecified atom stereocenters. The molecule has 0 spiro atoms. The lowest BCUT2D eigenvalue weighted by molar-refractivity contribution is -0.131. The predicted octanol–water partition coefficient (Wildman–Crippen LogP) is 0.749. The molecule has 0 amide bonds. The molecular weight excluding hydrogens is 230 g/mol. The van der Waals surface area contributed by atoms with Gasteiger partial charge < -0.3 is 10.4 Å². The zero-order chi connectivity index (χ0) is 11.8. The minimum absolute atomic E-state index is 0.157. The normalized spacial score (nSPS) is 22.4. The van der Waals surface area contributed by atoms with Crippen LogP contribution in [0.1, 0.15) is 0 Å². The average Bonchev–Trinajstić information content (AvgIpc) is 2.29. The third-order valence-electron chi connectivity index (χ3n) is 2.19. The van der Waals surface area contributed by atoms with E-state index in [-0.39, 0.29) is 4.90 Å². The maximum Gasteiger partial charge on any atom is 0.346 e. The fraction of sp³-hybridized carbons (Fsp3) is 0. The summed E-state index contributed by atoms with van der Waals surface area (Å²) in [5.74, 6) is -1.39. The first-order chi connectivity index (χ1) is 7.59. The molecule has 0 radical (unpaired) electrons. The van der Waals surface area contributed by atoms with Crippen LogP contribution in [0.15, 0.2) is 40.3 Å². The second-order valence-corrected chi connectivity index (χ2v) is 5.25. The summed E-state index contributed by atoms with van der Waals surface area (Å²) in [4.78, 5) is 21.4. The summed E-state index contributed by atoms with van der Waals surface area (Å²) in [6.07, 6.45) is 1.07. The molecule has 0 saturated heterocycles. The van der Waals surface area contributed by atoms with Gasteiger partial charge in [-0.3, -0.25) is 0 Å². The Kier molecular flexibility index (Phi) is 2.30. The van der Waals surface area contributed by atoms with Crippen LogP contribution >= 0.6 is 0 Å². The van der Waals surface area contributed by atoms with Crippen LogP contribution < -0.4 is 5.32 Å². The number of aliphatic carboxylic acids is 1. The third-order valence-corrected chi connectivity index (χ3v) is 4.32. The topological polar surface area (TPSA) is 83.5 Å². The summed E-state index contributed by atoms with van der Waals surface area (Å²) < 4.78 is 12.3. The summed E-state index contributed by atoms with van der Waals surface area (Å²) >= 11 is 0. The number of carbonyl (C=O) groups is 1. The molecule has 1 aromatic rings. The molecule has 5 nitrogen and oxygen atoms in total. The molecule has 2 rings (SSSR count). The number of hydrogen-bond acceptors (Lipinski definition) is 4. The van der Waals surface area contributed by atoms with E-state index < -0.39 is 20.4 Å². The van der Waals surface area contributed by atoms with Crippen molar-refractivity contribution < 1.29 is 18.9 Å². The minimum atomic E-state index is -3.43. The van der Waals surface area contributed by atoms with Gasteiger partial charge in [0, 0.05) is 6.20 Å². The Hall–Kier alpha value is -2.04. The molecule has 0 aromatic heterocycles. The highest BCUT2D eigenvalue weighted by Crippen LogP contribution is 2.30. The van der Waals surface area contributed by atoms with Gasteiger partial charge in [-0.1, -0.05) is 12.1 Å². The zero-order valence-corrected chi connectivity index (χ0v) is 8.78. The fourth-order valence-corrected chi connectivity index (χ4v) is 3.05. The summed E-state index contributed by atoms with van der Waals surface area (Å²) in [5, 5.41) is 12.9. The van der Waals surface area contributed by atoms with E-state index in [1.807, 2.05) is 0 Å². The Morgan fingerprint density at radius 2 is 2.06 bits per heavy atom. The lowest BCUT2D eigenvalue weighted by atomic mass is 10.3. The molecule has 6 heteroatoms. The lowest BCUT2D eigenvalue weighted by Gasteiger charge is -2.17.